The molecular weight excluding hydrogens is 380 g/mol. The van der Waals surface area contributed by atoms with Crippen molar-refractivity contribution in [2.24, 2.45) is 0 Å². The van der Waals surface area contributed by atoms with Crippen molar-refractivity contribution in [3.05, 3.63) is 51.6 Å². The second-order valence-corrected chi connectivity index (χ2v) is 6.54. The summed E-state index contributed by atoms with van der Waals surface area (Å²) in [7, 11) is 0. The summed E-state index contributed by atoms with van der Waals surface area (Å²) in [6.45, 7) is 3.86. The van der Waals surface area contributed by atoms with Crippen molar-refractivity contribution >= 4 is 44.9 Å². The molecule has 1 aromatic heterocycles. The van der Waals surface area contributed by atoms with Gasteiger partial charge in [0.15, 0.2) is 0 Å². The van der Waals surface area contributed by atoms with Crippen molar-refractivity contribution in [1.29, 1.82) is 0 Å². The molecule has 2 aromatic rings. The normalized spacial score (nSPS) is 14.6. The van der Waals surface area contributed by atoms with E-state index in [9.17, 15) is 4.79 Å². The lowest BCUT2D eigenvalue weighted by atomic mass is 10.2. The Kier molecular flexibility index (Phi) is 5.15. The number of nitrogens with zero attached hydrogens (tertiary/aromatic N) is 2. The second kappa shape index (κ2) is 7.29. The van der Waals surface area contributed by atoms with Gasteiger partial charge in [0.1, 0.15) is 5.82 Å². The monoisotopic (exact) mass is 394 g/mol. The molecule has 1 aromatic carbocycles. The molecule has 1 aliphatic heterocycles. The molecule has 3 rings (SSSR count). The highest BCUT2D eigenvalue weighted by Crippen LogP contribution is 2.22. The third-order valence-corrected chi connectivity index (χ3v) is 4.47. The number of carbonyl (C=O) groups excluding carboxylic acids is 1. The number of amides is 1. The average Bonchev–Trinajstić information content (AvgIpc) is 2.58. The van der Waals surface area contributed by atoms with E-state index in [1.807, 2.05) is 6.07 Å². The maximum absolute atomic E-state index is 12.3. The molecule has 7 heteroatoms. The fraction of sp³-hybridized carbons (Fsp3) is 0.250. The van der Waals surface area contributed by atoms with Gasteiger partial charge >= 0.3 is 0 Å². The number of anilines is 2. The molecule has 0 bridgehead atoms. The van der Waals surface area contributed by atoms with Crippen LogP contribution < -0.4 is 15.5 Å². The highest BCUT2D eigenvalue weighted by Gasteiger charge is 2.13. The van der Waals surface area contributed by atoms with Crippen molar-refractivity contribution in [3.63, 3.8) is 0 Å². The largest absolute Gasteiger partial charge is 0.368 e. The first kappa shape index (κ1) is 16.2. The van der Waals surface area contributed by atoms with Gasteiger partial charge in [-0.1, -0.05) is 27.5 Å². The van der Waals surface area contributed by atoms with Gasteiger partial charge < -0.3 is 15.5 Å². The van der Waals surface area contributed by atoms with Crippen LogP contribution >= 0.6 is 27.5 Å². The molecule has 0 radical (unpaired) electrons. The summed E-state index contributed by atoms with van der Waals surface area (Å²) < 4.78 is 0.800. The molecule has 0 aliphatic carbocycles. The quantitative estimate of drug-likeness (QED) is 0.838. The van der Waals surface area contributed by atoms with Gasteiger partial charge in [-0.05, 0) is 30.3 Å². The van der Waals surface area contributed by atoms with E-state index in [0.717, 1.165) is 36.3 Å². The Morgan fingerprint density at radius 3 is 2.74 bits per heavy atom. The molecule has 0 saturated carbocycles. The Morgan fingerprint density at radius 2 is 2.04 bits per heavy atom. The standard InChI is InChI=1S/C16H16BrClN4O/c17-11-1-3-14(18)13(9-11)16(23)21-15-4-2-12(10-20-15)22-7-5-19-6-8-22/h1-4,9-10,19H,5-8H2,(H,20,21,23). The predicted octanol–water partition coefficient (Wildman–Crippen LogP) is 3.16. The topological polar surface area (TPSA) is 57.3 Å². The zero-order valence-corrected chi connectivity index (χ0v) is 14.7. The second-order valence-electron chi connectivity index (χ2n) is 5.22. The maximum atomic E-state index is 12.3. The lowest BCUT2D eigenvalue weighted by Gasteiger charge is -2.29. The van der Waals surface area contributed by atoms with Gasteiger partial charge in [0.05, 0.1) is 22.5 Å². The Morgan fingerprint density at radius 1 is 1.26 bits per heavy atom. The first-order valence-corrected chi connectivity index (χ1v) is 8.49. The minimum Gasteiger partial charge on any atom is -0.368 e. The van der Waals surface area contributed by atoms with Gasteiger partial charge in [0.25, 0.3) is 5.91 Å². The summed E-state index contributed by atoms with van der Waals surface area (Å²) in [4.78, 5) is 18.9. The number of carbonyl (C=O) groups is 1. The first-order chi connectivity index (χ1) is 11.1. The number of hydrogen-bond donors (Lipinski definition) is 2. The predicted molar refractivity (Wildman–Crippen MR) is 96.4 cm³/mol. The van der Waals surface area contributed by atoms with Crippen LogP contribution in [0.15, 0.2) is 41.0 Å². The van der Waals surface area contributed by atoms with Crippen LogP contribution in [0, 0.1) is 0 Å². The smallest absolute Gasteiger partial charge is 0.258 e. The summed E-state index contributed by atoms with van der Waals surface area (Å²) in [6, 6.07) is 8.94. The Hall–Kier alpha value is -1.63. The zero-order valence-electron chi connectivity index (χ0n) is 12.4. The molecule has 23 heavy (non-hydrogen) atoms. The molecule has 120 valence electrons. The van der Waals surface area contributed by atoms with E-state index in [-0.39, 0.29) is 5.91 Å². The summed E-state index contributed by atoms with van der Waals surface area (Å²) in [5, 5.41) is 6.49. The lowest BCUT2D eigenvalue weighted by Crippen LogP contribution is -2.43. The van der Waals surface area contributed by atoms with Gasteiger partial charge in [0.2, 0.25) is 0 Å². The summed E-state index contributed by atoms with van der Waals surface area (Å²) >= 11 is 9.41. The summed E-state index contributed by atoms with van der Waals surface area (Å²) in [5.74, 6) is 0.226. The molecule has 1 amide bonds. The van der Waals surface area contributed by atoms with Crippen LogP contribution in [0.4, 0.5) is 11.5 Å². The maximum Gasteiger partial charge on any atom is 0.258 e. The fourth-order valence-electron chi connectivity index (χ4n) is 2.43. The number of benzene rings is 1. The first-order valence-electron chi connectivity index (χ1n) is 7.31. The van der Waals surface area contributed by atoms with Gasteiger partial charge in [-0.15, -0.1) is 0 Å². The highest BCUT2D eigenvalue weighted by atomic mass is 79.9. The minimum atomic E-state index is -0.279. The van der Waals surface area contributed by atoms with Crippen LogP contribution in [-0.4, -0.2) is 37.1 Å². The van der Waals surface area contributed by atoms with E-state index in [4.69, 9.17) is 11.6 Å². The van der Waals surface area contributed by atoms with Crippen molar-refractivity contribution in [3.8, 4) is 0 Å². The van der Waals surface area contributed by atoms with Gasteiger partial charge in [-0.3, -0.25) is 4.79 Å². The molecule has 1 fully saturated rings. The van der Waals surface area contributed by atoms with E-state index in [2.05, 4.69) is 36.4 Å². The molecular formula is C16H16BrClN4O. The number of hydrogen-bond acceptors (Lipinski definition) is 4. The molecule has 0 spiro atoms. The molecule has 0 unspecified atom stereocenters. The van der Waals surface area contributed by atoms with Crippen LogP contribution in [0.2, 0.25) is 5.02 Å². The molecule has 0 atom stereocenters. The van der Waals surface area contributed by atoms with Crippen molar-refractivity contribution in [2.75, 3.05) is 36.4 Å². The van der Waals surface area contributed by atoms with Crippen molar-refractivity contribution < 1.29 is 4.79 Å². The summed E-state index contributed by atoms with van der Waals surface area (Å²) in [5.41, 5.74) is 1.47. The van der Waals surface area contributed by atoms with E-state index in [1.165, 1.54) is 0 Å². The molecule has 2 N–H and O–H groups in total. The Bertz CT molecular complexity index is 702. The van der Waals surface area contributed by atoms with E-state index < -0.39 is 0 Å². The van der Waals surface area contributed by atoms with Gasteiger partial charge in [-0.2, -0.15) is 0 Å². The van der Waals surface area contributed by atoms with E-state index >= 15 is 0 Å². The van der Waals surface area contributed by atoms with E-state index in [1.54, 1.807) is 30.5 Å². The zero-order chi connectivity index (χ0) is 16.2. The SMILES string of the molecule is O=C(Nc1ccc(N2CCNCC2)cn1)c1cc(Br)ccc1Cl. The fourth-order valence-corrected chi connectivity index (χ4v) is 2.99. The third kappa shape index (κ3) is 4.02. The van der Waals surface area contributed by atoms with Crippen molar-refractivity contribution in [2.45, 2.75) is 0 Å². The third-order valence-electron chi connectivity index (χ3n) is 3.64. The average molecular weight is 396 g/mol. The molecule has 1 saturated heterocycles. The van der Waals surface area contributed by atoms with Gasteiger partial charge in [0, 0.05) is 30.7 Å². The highest BCUT2D eigenvalue weighted by molar-refractivity contribution is 9.10. The van der Waals surface area contributed by atoms with Gasteiger partial charge in [-0.25, -0.2) is 4.98 Å². The van der Waals surface area contributed by atoms with Crippen LogP contribution in [0.1, 0.15) is 10.4 Å². The Labute approximate surface area is 148 Å². The van der Waals surface area contributed by atoms with E-state index in [0.29, 0.717) is 16.4 Å². The Balaban J connectivity index is 1.70. The van der Waals surface area contributed by atoms with Crippen LogP contribution in [-0.2, 0) is 0 Å². The molecule has 1 aliphatic rings. The number of rotatable bonds is 3. The van der Waals surface area contributed by atoms with Crippen LogP contribution in [0.25, 0.3) is 0 Å². The lowest BCUT2D eigenvalue weighted by molar-refractivity contribution is 0.102. The minimum absolute atomic E-state index is 0.279. The number of aromatic nitrogens is 1. The molecule has 2 heterocycles. The van der Waals surface area contributed by atoms with Crippen LogP contribution in [0.5, 0.6) is 0 Å². The van der Waals surface area contributed by atoms with Crippen LogP contribution in [0.3, 0.4) is 0 Å². The number of halogens is 2. The molecule has 5 nitrogen and oxygen atoms in total. The summed E-state index contributed by atoms with van der Waals surface area (Å²) in [6.07, 6.45) is 1.78. The number of piperazine rings is 1. The van der Waals surface area contributed by atoms with Crippen molar-refractivity contribution in [1.82, 2.24) is 10.3 Å². The number of nitrogens with one attached hydrogen (secondary N) is 2. The number of pyridine rings is 1.